The number of hydrogen-bond acceptors (Lipinski definition) is 0. The van der Waals surface area contributed by atoms with Gasteiger partial charge in [0.25, 0.3) is 0 Å². The molecule has 0 bridgehead atoms. The Morgan fingerprint density at radius 3 is 2.04 bits per heavy atom. The van der Waals surface area contributed by atoms with Crippen LogP contribution in [0.1, 0.15) is 58.7 Å². The second kappa shape index (κ2) is 7.00. The van der Waals surface area contributed by atoms with Crippen LogP contribution in [0.4, 0.5) is 0 Å². The largest absolute Gasteiger partial charge is 0.0622 e. The van der Waals surface area contributed by atoms with Gasteiger partial charge >= 0.3 is 0 Å². The van der Waals surface area contributed by atoms with E-state index < -0.39 is 0 Å². The minimum atomic E-state index is -0.149. The molecule has 0 nitrogen and oxygen atoms in total. The summed E-state index contributed by atoms with van der Waals surface area (Å²) in [5.74, 6) is 0.906. The summed E-state index contributed by atoms with van der Waals surface area (Å²) in [6.07, 6.45) is 4.03. The maximum absolute atomic E-state index is 2.48. The van der Waals surface area contributed by atoms with E-state index in [0.29, 0.717) is 0 Å². The molecule has 1 aliphatic rings. The molecule has 0 heteroatoms. The van der Waals surface area contributed by atoms with Gasteiger partial charge in [0.05, 0.1) is 0 Å². The maximum Gasteiger partial charge on any atom is 0.0423 e. The SMILES string of the molecule is Cc1cc(C)cc(C(C)(c2ccccc2)c2ccc(C)c(CC3CC3)c2)c1. The van der Waals surface area contributed by atoms with Crippen LogP contribution in [0.3, 0.4) is 0 Å². The van der Waals surface area contributed by atoms with Crippen molar-refractivity contribution in [3.8, 4) is 0 Å². The molecule has 27 heavy (non-hydrogen) atoms. The molecule has 0 aliphatic heterocycles. The molecule has 0 saturated heterocycles. The first-order valence-electron chi connectivity index (χ1n) is 10.2. The van der Waals surface area contributed by atoms with Crippen LogP contribution in [-0.4, -0.2) is 0 Å². The Labute approximate surface area is 164 Å². The number of hydrogen-bond donors (Lipinski definition) is 0. The van der Waals surface area contributed by atoms with Crippen molar-refractivity contribution in [2.45, 2.75) is 52.4 Å². The van der Waals surface area contributed by atoms with Gasteiger partial charge in [0, 0.05) is 5.41 Å². The van der Waals surface area contributed by atoms with E-state index >= 15 is 0 Å². The number of rotatable bonds is 5. The van der Waals surface area contributed by atoms with Crippen LogP contribution in [0.5, 0.6) is 0 Å². The summed E-state index contributed by atoms with van der Waals surface area (Å²) in [5, 5.41) is 0. The van der Waals surface area contributed by atoms with Gasteiger partial charge in [-0.05, 0) is 80.7 Å². The van der Waals surface area contributed by atoms with E-state index in [0.717, 1.165) is 5.92 Å². The predicted molar refractivity (Wildman–Crippen MR) is 116 cm³/mol. The lowest BCUT2D eigenvalue weighted by Crippen LogP contribution is -2.26. The van der Waals surface area contributed by atoms with Crippen molar-refractivity contribution in [2.75, 3.05) is 0 Å². The van der Waals surface area contributed by atoms with Crippen molar-refractivity contribution in [1.29, 1.82) is 0 Å². The molecule has 0 amide bonds. The van der Waals surface area contributed by atoms with E-state index in [4.69, 9.17) is 0 Å². The monoisotopic (exact) mass is 354 g/mol. The lowest BCUT2D eigenvalue weighted by atomic mass is 9.70. The molecule has 0 heterocycles. The minimum absolute atomic E-state index is 0.149. The number of aryl methyl sites for hydroxylation is 3. The molecule has 0 aromatic heterocycles. The first-order valence-corrected chi connectivity index (χ1v) is 10.2. The minimum Gasteiger partial charge on any atom is -0.0622 e. The predicted octanol–water partition coefficient (Wildman–Crippen LogP) is 6.92. The Kier molecular flexibility index (Phi) is 4.68. The van der Waals surface area contributed by atoms with Crippen LogP contribution in [0.15, 0.2) is 66.7 Å². The molecule has 1 atom stereocenters. The molecule has 1 unspecified atom stereocenters. The highest BCUT2D eigenvalue weighted by molar-refractivity contribution is 5.52. The second-order valence-corrected chi connectivity index (χ2v) is 8.66. The molecule has 138 valence electrons. The molecular formula is C27H30. The Morgan fingerprint density at radius 2 is 1.41 bits per heavy atom. The van der Waals surface area contributed by atoms with Gasteiger partial charge < -0.3 is 0 Å². The first-order chi connectivity index (χ1) is 13.0. The van der Waals surface area contributed by atoms with Gasteiger partial charge in [0.1, 0.15) is 0 Å². The highest BCUT2D eigenvalue weighted by Gasteiger charge is 2.32. The summed E-state index contributed by atoms with van der Waals surface area (Å²) >= 11 is 0. The average Bonchev–Trinajstić information content (AvgIpc) is 3.47. The van der Waals surface area contributed by atoms with Crippen LogP contribution >= 0.6 is 0 Å². The zero-order chi connectivity index (χ0) is 19.0. The number of benzene rings is 3. The van der Waals surface area contributed by atoms with E-state index in [-0.39, 0.29) is 5.41 Å². The van der Waals surface area contributed by atoms with Crippen LogP contribution < -0.4 is 0 Å². The maximum atomic E-state index is 2.48. The average molecular weight is 355 g/mol. The van der Waals surface area contributed by atoms with Crippen LogP contribution in [0.25, 0.3) is 0 Å². The van der Waals surface area contributed by atoms with E-state index in [1.165, 1.54) is 58.2 Å². The van der Waals surface area contributed by atoms with Crippen molar-refractivity contribution in [3.63, 3.8) is 0 Å². The first kappa shape index (κ1) is 18.0. The van der Waals surface area contributed by atoms with Gasteiger partial charge in [0.15, 0.2) is 0 Å². The molecule has 3 aromatic carbocycles. The zero-order valence-corrected chi connectivity index (χ0v) is 17.0. The quantitative estimate of drug-likeness (QED) is 0.436. The lowest BCUT2D eigenvalue weighted by Gasteiger charge is -2.33. The summed E-state index contributed by atoms with van der Waals surface area (Å²) in [4.78, 5) is 0. The van der Waals surface area contributed by atoms with Gasteiger partial charge in [-0.25, -0.2) is 0 Å². The van der Waals surface area contributed by atoms with E-state index in [9.17, 15) is 0 Å². The third-order valence-electron chi connectivity index (χ3n) is 6.28. The summed E-state index contributed by atoms with van der Waals surface area (Å²) in [6.45, 7) is 9.06. The smallest absolute Gasteiger partial charge is 0.0423 e. The van der Waals surface area contributed by atoms with Gasteiger partial charge in [-0.2, -0.15) is 0 Å². The summed E-state index contributed by atoms with van der Waals surface area (Å²) in [7, 11) is 0. The van der Waals surface area contributed by atoms with Crippen LogP contribution in [-0.2, 0) is 11.8 Å². The molecule has 1 fully saturated rings. The molecule has 1 aliphatic carbocycles. The van der Waals surface area contributed by atoms with Crippen LogP contribution in [0, 0.1) is 26.7 Å². The third kappa shape index (κ3) is 3.58. The standard InChI is InChI=1S/C27H30/c1-19-14-20(2)16-26(15-19)27(4,24-8-6-5-7-9-24)25-13-10-21(3)23(18-25)17-22-11-12-22/h5-10,13-16,18,22H,11-12,17H2,1-4H3. The summed E-state index contributed by atoms with van der Waals surface area (Å²) in [6, 6.07) is 25.1. The third-order valence-corrected chi connectivity index (χ3v) is 6.28. The van der Waals surface area contributed by atoms with Gasteiger partial charge in [-0.3, -0.25) is 0 Å². The van der Waals surface area contributed by atoms with Gasteiger partial charge in [0.2, 0.25) is 0 Å². The normalized spacial score (nSPS) is 16.1. The molecule has 0 N–H and O–H groups in total. The summed E-state index contributed by atoms with van der Waals surface area (Å²) in [5.41, 5.74) is 9.62. The molecular weight excluding hydrogens is 324 g/mol. The highest BCUT2D eigenvalue weighted by atomic mass is 14.3. The van der Waals surface area contributed by atoms with E-state index in [2.05, 4.69) is 94.4 Å². The van der Waals surface area contributed by atoms with Crippen LogP contribution in [0.2, 0.25) is 0 Å². The van der Waals surface area contributed by atoms with Gasteiger partial charge in [-0.1, -0.05) is 77.9 Å². The molecule has 0 spiro atoms. The Hall–Kier alpha value is -2.34. The van der Waals surface area contributed by atoms with Crippen molar-refractivity contribution in [3.05, 3.63) is 106 Å². The zero-order valence-electron chi connectivity index (χ0n) is 17.0. The fourth-order valence-corrected chi connectivity index (χ4v) is 4.37. The fraction of sp³-hybridized carbons (Fsp3) is 0.333. The lowest BCUT2D eigenvalue weighted by molar-refractivity contribution is 0.687. The summed E-state index contributed by atoms with van der Waals surface area (Å²) < 4.78 is 0. The van der Waals surface area contributed by atoms with Gasteiger partial charge in [-0.15, -0.1) is 0 Å². The molecule has 3 aromatic rings. The molecule has 4 rings (SSSR count). The Morgan fingerprint density at radius 1 is 0.741 bits per heavy atom. The van der Waals surface area contributed by atoms with Crippen molar-refractivity contribution in [2.24, 2.45) is 5.92 Å². The van der Waals surface area contributed by atoms with E-state index in [1.807, 2.05) is 0 Å². The van der Waals surface area contributed by atoms with Crippen molar-refractivity contribution < 1.29 is 0 Å². The molecule has 1 saturated carbocycles. The Bertz CT molecular complexity index is 927. The topological polar surface area (TPSA) is 0 Å². The van der Waals surface area contributed by atoms with Crippen molar-refractivity contribution >= 4 is 0 Å². The van der Waals surface area contributed by atoms with E-state index in [1.54, 1.807) is 0 Å². The van der Waals surface area contributed by atoms with Crippen molar-refractivity contribution in [1.82, 2.24) is 0 Å². The molecule has 0 radical (unpaired) electrons. The highest BCUT2D eigenvalue weighted by Crippen LogP contribution is 2.41. The fourth-order valence-electron chi connectivity index (χ4n) is 4.37. The second-order valence-electron chi connectivity index (χ2n) is 8.66. The Balaban J connectivity index is 1.91.